The fourth-order valence-corrected chi connectivity index (χ4v) is 3.72. The average molecular weight is 273 g/mol. The lowest BCUT2D eigenvalue weighted by Gasteiger charge is -2.37. The second-order valence-electron chi connectivity index (χ2n) is 6.78. The summed E-state index contributed by atoms with van der Waals surface area (Å²) >= 11 is 0. The lowest BCUT2D eigenvalue weighted by atomic mass is 9.80. The summed E-state index contributed by atoms with van der Waals surface area (Å²) in [6.07, 6.45) is 5.23. The van der Waals surface area contributed by atoms with Crippen LogP contribution in [0.2, 0.25) is 0 Å². The van der Waals surface area contributed by atoms with Crippen molar-refractivity contribution >= 4 is 0 Å². The molecule has 1 aromatic rings. The van der Waals surface area contributed by atoms with Crippen LogP contribution in [0.1, 0.15) is 44.1 Å². The van der Waals surface area contributed by atoms with E-state index < -0.39 is 0 Å². The number of ether oxygens (including phenoxy) is 2. The Hall–Kier alpha value is -1.22. The van der Waals surface area contributed by atoms with E-state index in [1.807, 2.05) is 0 Å². The molecule has 1 aliphatic carbocycles. The molecular formula is C17H23NO2. The Morgan fingerprint density at radius 3 is 3.05 bits per heavy atom. The second-order valence-corrected chi connectivity index (χ2v) is 6.78. The third-order valence-corrected chi connectivity index (χ3v) is 5.33. The Kier molecular flexibility index (Phi) is 2.92. The molecule has 4 rings (SSSR count). The first kappa shape index (κ1) is 12.5. The molecule has 1 saturated carbocycles. The normalized spacial score (nSPS) is 31.9. The Morgan fingerprint density at radius 1 is 1.35 bits per heavy atom. The van der Waals surface area contributed by atoms with Gasteiger partial charge in [-0.1, -0.05) is 6.42 Å². The van der Waals surface area contributed by atoms with Crippen LogP contribution in [0.5, 0.6) is 11.5 Å². The van der Waals surface area contributed by atoms with E-state index in [1.54, 1.807) is 0 Å². The maximum atomic E-state index is 5.98. The maximum absolute atomic E-state index is 5.98. The van der Waals surface area contributed by atoms with Gasteiger partial charge in [0.1, 0.15) is 18.1 Å². The van der Waals surface area contributed by atoms with E-state index in [9.17, 15) is 0 Å². The van der Waals surface area contributed by atoms with E-state index in [4.69, 9.17) is 9.47 Å². The van der Waals surface area contributed by atoms with Gasteiger partial charge in [-0.2, -0.15) is 0 Å². The van der Waals surface area contributed by atoms with Crippen molar-refractivity contribution in [1.29, 1.82) is 0 Å². The van der Waals surface area contributed by atoms with E-state index >= 15 is 0 Å². The van der Waals surface area contributed by atoms with Crippen LogP contribution in [0, 0.1) is 5.92 Å². The average Bonchev–Trinajstić information content (AvgIpc) is 2.79. The molecule has 1 N–H and O–H groups in total. The van der Waals surface area contributed by atoms with Crippen LogP contribution in [0.4, 0.5) is 0 Å². The van der Waals surface area contributed by atoms with Gasteiger partial charge in [0.25, 0.3) is 0 Å². The third kappa shape index (κ3) is 1.99. The lowest BCUT2D eigenvalue weighted by Crippen LogP contribution is -2.48. The van der Waals surface area contributed by atoms with Crippen LogP contribution < -0.4 is 14.8 Å². The molecule has 0 aromatic heterocycles. The van der Waals surface area contributed by atoms with Gasteiger partial charge in [0.2, 0.25) is 0 Å². The molecule has 20 heavy (non-hydrogen) atoms. The third-order valence-electron chi connectivity index (χ3n) is 5.33. The lowest BCUT2D eigenvalue weighted by molar-refractivity contribution is 0.166. The quantitative estimate of drug-likeness (QED) is 0.918. The molecule has 0 amide bonds. The highest BCUT2D eigenvalue weighted by Gasteiger charge is 2.44. The van der Waals surface area contributed by atoms with Gasteiger partial charge in [0, 0.05) is 11.5 Å². The molecule has 3 heteroatoms. The van der Waals surface area contributed by atoms with Crippen LogP contribution in [0.3, 0.4) is 0 Å². The van der Waals surface area contributed by atoms with Crippen molar-refractivity contribution < 1.29 is 9.47 Å². The molecular weight excluding hydrogens is 250 g/mol. The first-order chi connectivity index (χ1) is 9.74. The van der Waals surface area contributed by atoms with Crippen LogP contribution in [-0.4, -0.2) is 25.3 Å². The van der Waals surface area contributed by atoms with Gasteiger partial charge in [0.05, 0.1) is 12.1 Å². The van der Waals surface area contributed by atoms with E-state index in [-0.39, 0.29) is 5.54 Å². The number of benzene rings is 1. The highest BCUT2D eigenvalue weighted by atomic mass is 16.5. The van der Waals surface area contributed by atoms with E-state index in [0.717, 1.165) is 37.2 Å². The smallest absolute Gasteiger partial charge is 0.123 e. The summed E-state index contributed by atoms with van der Waals surface area (Å²) in [7, 11) is 0. The van der Waals surface area contributed by atoms with Crippen LogP contribution in [0.15, 0.2) is 18.2 Å². The minimum atomic E-state index is 0.0968. The zero-order valence-electron chi connectivity index (χ0n) is 12.2. The van der Waals surface area contributed by atoms with E-state index in [0.29, 0.717) is 5.92 Å². The molecule has 2 heterocycles. The SMILES string of the molecule is C[C@@]12COc3ccc(OCC4CCC4)cc3[C@@H]1CCN2. The van der Waals surface area contributed by atoms with Gasteiger partial charge in [-0.25, -0.2) is 0 Å². The molecule has 0 spiro atoms. The van der Waals surface area contributed by atoms with Crippen LogP contribution >= 0.6 is 0 Å². The Morgan fingerprint density at radius 2 is 2.25 bits per heavy atom. The summed E-state index contributed by atoms with van der Waals surface area (Å²) < 4.78 is 11.9. The van der Waals surface area contributed by atoms with Crippen molar-refractivity contribution in [3.8, 4) is 11.5 Å². The minimum Gasteiger partial charge on any atom is -0.493 e. The molecule has 0 unspecified atom stereocenters. The Bertz CT molecular complexity index is 512. The molecule has 108 valence electrons. The zero-order valence-corrected chi connectivity index (χ0v) is 12.2. The number of nitrogens with one attached hydrogen (secondary N) is 1. The first-order valence-electron chi connectivity index (χ1n) is 7.89. The van der Waals surface area contributed by atoms with Crippen LogP contribution in [-0.2, 0) is 0 Å². The van der Waals surface area contributed by atoms with Crippen molar-refractivity contribution in [3.63, 3.8) is 0 Å². The molecule has 0 bridgehead atoms. The summed E-state index contributed by atoms with van der Waals surface area (Å²) in [5.74, 6) is 3.39. The van der Waals surface area contributed by atoms with Crippen molar-refractivity contribution in [2.24, 2.45) is 5.92 Å². The van der Waals surface area contributed by atoms with Crippen molar-refractivity contribution in [2.45, 2.75) is 44.1 Å². The molecule has 0 radical (unpaired) electrons. The number of hydrogen-bond donors (Lipinski definition) is 1. The summed E-state index contributed by atoms with van der Waals surface area (Å²) in [6, 6.07) is 6.36. The monoisotopic (exact) mass is 273 g/mol. The fourth-order valence-electron chi connectivity index (χ4n) is 3.72. The number of fused-ring (bicyclic) bond motifs is 3. The Labute approximate surface area is 120 Å². The van der Waals surface area contributed by atoms with Gasteiger partial charge in [-0.05, 0) is 56.8 Å². The van der Waals surface area contributed by atoms with E-state index in [2.05, 4.69) is 30.4 Å². The molecule has 2 fully saturated rings. The van der Waals surface area contributed by atoms with Gasteiger partial charge in [-0.3, -0.25) is 0 Å². The summed E-state index contributed by atoms with van der Waals surface area (Å²) in [5, 5.41) is 3.60. The molecule has 2 aliphatic heterocycles. The van der Waals surface area contributed by atoms with Crippen molar-refractivity contribution in [2.75, 3.05) is 19.8 Å². The topological polar surface area (TPSA) is 30.5 Å². The summed E-state index contributed by atoms with van der Waals surface area (Å²) in [4.78, 5) is 0. The summed E-state index contributed by atoms with van der Waals surface area (Å²) in [5.41, 5.74) is 1.43. The predicted molar refractivity (Wildman–Crippen MR) is 78.5 cm³/mol. The van der Waals surface area contributed by atoms with Gasteiger partial charge in [0.15, 0.2) is 0 Å². The maximum Gasteiger partial charge on any atom is 0.123 e. The molecule has 3 aliphatic rings. The van der Waals surface area contributed by atoms with E-state index in [1.165, 1.54) is 31.2 Å². The van der Waals surface area contributed by atoms with Crippen molar-refractivity contribution in [3.05, 3.63) is 23.8 Å². The molecule has 3 nitrogen and oxygen atoms in total. The standard InChI is InChI=1S/C17H23NO2/c1-17-11-20-16-6-5-13(19-10-12-3-2-4-12)9-14(16)15(17)7-8-18-17/h5-6,9,12,15,18H,2-4,7-8,10-11H2,1H3/t15-,17+/m0/s1. The Balaban J connectivity index is 1.56. The van der Waals surface area contributed by atoms with Gasteiger partial charge < -0.3 is 14.8 Å². The molecule has 2 atom stereocenters. The van der Waals surface area contributed by atoms with Gasteiger partial charge >= 0.3 is 0 Å². The number of hydrogen-bond acceptors (Lipinski definition) is 3. The predicted octanol–water partition coefficient (Wildman–Crippen LogP) is 3.09. The largest absolute Gasteiger partial charge is 0.493 e. The molecule has 1 aromatic carbocycles. The fraction of sp³-hybridized carbons (Fsp3) is 0.647. The van der Waals surface area contributed by atoms with Gasteiger partial charge in [-0.15, -0.1) is 0 Å². The highest BCUT2D eigenvalue weighted by molar-refractivity contribution is 5.46. The van der Waals surface area contributed by atoms with Crippen LogP contribution in [0.25, 0.3) is 0 Å². The molecule has 1 saturated heterocycles. The minimum absolute atomic E-state index is 0.0968. The summed E-state index contributed by atoms with van der Waals surface area (Å²) in [6.45, 7) is 5.00. The number of rotatable bonds is 3. The highest BCUT2D eigenvalue weighted by Crippen LogP contribution is 2.45. The van der Waals surface area contributed by atoms with Crippen molar-refractivity contribution in [1.82, 2.24) is 5.32 Å². The zero-order chi connectivity index (χ0) is 13.6. The first-order valence-corrected chi connectivity index (χ1v) is 7.89. The second kappa shape index (κ2) is 4.66.